The Hall–Kier alpha value is -3.70. The van der Waals surface area contributed by atoms with Gasteiger partial charge in [-0.25, -0.2) is 4.98 Å². The maximum absolute atomic E-state index is 9.67. The van der Waals surface area contributed by atoms with Crippen LogP contribution in [0.5, 0.6) is 11.6 Å². The van der Waals surface area contributed by atoms with Crippen LogP contribution in [0, 0.1) is 0 Å². The molecule has 5 rings (SSSR count). The first-order valence-electron chi connectivity index (χ1n) is 9.99. The molecule has 30 heavy (non-hydrogen) atoms. The molecule has 0 saturated carbocycles. The fourth-order valence-electron chi connectivity index (χ4n) is 3.97. The van der Waals surface area contributed by atoms with Crippen molar-refractivity contribution in [2.45, 2.75) is 18.9 Å². The van der Waals surface area contributed by atoms with Crippen LogP contribution >= 0.6 is 0 Å². The summed E-state index contributed by atoms with van der Waals surface area (Å²) >= 11 is 0. The number of aryl methyl sites for hydroxylation is 1. The van der Waals surface area contributed by atoms with E-state index in [0.29, 0.717) is 17.3 Å². The summed E-state index contributed by atoms with van der Waals surface area (Å²) in [5, 5.41) is 11.8. The number of nitrogens with one attached hydrogen (secondary N) is 1. The van der Waals surface area contributed by atoms with E-state index < -0.39 is 0 Å². The number of fused-ring (bicyclic) bond motifs is 2. The van der Waals surface area contributed by atoms with E-state index in [1.165, 1.54) is 11.1 Å². The van der Waals surface area contributed by atoms with Crippen molar-refractivity contribution in [2.24, 2.45) is 4.99 Å². The van der Waals surface area contributed by atoms with E-state index in [9.17, 15) is 5.21 Å². The Morgan fingerprint density at radius 1 is 0.967 bits per heavy atom. The molecule has 0 radical (unpaired) electrons. The van der Waals surface area contributed by atoms with Gasteiger partial charge in [0.2, 0.25) is 5.88 Å². The molecule has 3 aromatic carbocycles. The third kappa shape index (κ3) is 3.51. The molecule has 0 fully saturated rings. The Balaban J connectivity index is 1.39. The third-order valence-electron chi connectivity index (χ3n) is 5.47. The maximum atomic E-state index is 9.67. The molecule has 4 aromatic rings. The number of rotatable bonds is 4. The van der Waals surface area contributed by atoms with Crippen molar-refractivity contribution >= 4 is 16.6 Å². The lowest BCUT2D eigenvalue weighted by atomic mass is 10.1. The van der Waals surface area contributed by atoms with Crippen molar-refractivity contribution in [2.75, 3.05) is 0 Å². The van der Waals surface area contributed by atoms with Crippen molar-refractivity contribution < 1.29 is 9.94 Å². The molecule has 1 atom stereocenters. The van der Waals surface area contributed by atoms with E-state index >= 15 is 0 Å². The van der Waals surface area contributed by atoms with Gasteiger partial charge in [0.1, 0.15) is 5.75 Å². The van der Waals surface area contributed by atoms with Crippen LogP contribution in [0.1, 0.15) is 29.2 Å². The lowest BCUT2D eigenvalue weighted by Crippen LogP contribution is -2.21. The van der Waals surface area contributed by atoms with Gasteiger partial charge >= 0.3 is 0 Å². The molecule has 1 aliphatic carbocycles. The normalized spacial score (nSPS) is 15.8. The summed E-state index contributed by atoms with van der Waals surface area (Å²) in [5.74, 6) is 1.64. The van der Waals surface area contributed by atoms with Crippen LogP contribution in [0.25, 0.3) is 10.8 Å². The zero-order chi connectivity index (χ0) is 20.3. The summed E-state index contributed by atoms with van der Waals surface area (Å²) in [6, 6.07) is 26.0. The molecule has 1 heterocycles. The van der Waals surface area contributed by atoms with Gasteiger partial charge < -0.3 is 4.74 Å². The minimum atomic E-state index is 0.0301. The lowest BCUT2D eigenvalue weighted by molar-refractivity contribution is 0.234. The van der Waals surface area contributed by atoms with E-state index in [-0.39, 0.29) is 6.04 Å². The standard InChI is InChI=1S/C25H21N3O2/c29-28-25(27-22-14-12-18-7-1-3-9-20(18)22)19-13-15-24(26-16-19)30-23-11-5-8-17-6-2-4-10-21(17)23/h1-11,13,15-16,22,29H,12,14H2,(H,27,28). The molecule has 5 heteroatoms. The van der Waals surface area contributed by atoms with Gasteiger partial charge in [0.25, 0.3) is 0 Å². The highest BCUT2D eigenvalue weighted by atomic mass is 16.5. The molecule has 0 amide bonds. The lowest BCUT2D eigenvalue weighted by Gasteiger charge is -2.12. The van der Waals surface area contributed by atoms with Crippen LogP contribution in [0.3, 0.4) is 0 Å². The number of benzene rings is 3. The summed E-state index contributed by atoms with van der Waals surface area (Å²) < 4.78 is 6.01. The van der Waals surface area contributed by atoms with Crippen molar-refractivity contribution in [3.05, 3.63) is 102 Å². The molecule has 0 bridgehead atoms. The van der Waals surface area contributed by atoms with Crippen LogP contribution < -0.4 is 10.2 Å². The van der Waals surface area contributed by atoms with Gasteiger partial charge in [-0.15, -0.1) is 0 Å². The monoisotopic (exact) mass is 395 g/mol. The highest BCUT2D eigenvalue weighted by molar-refractivity contribution is 5.98. The van der Waals surface area contributed by atoms with Gasteiger partial charge in [0, 0.05) is 23.2 Å². The first-order valence-corrected chi connectivity index (χ1v) is 9.99. The van der Waals surface area contributed by atoms with Crippen LogP contribution in [-0.4, -0.2) is 16.0 Å². The second kappa shape index (κ2) is 7.97. The first kappa shape index (κ1) is 18.3. The van der Waals surface area contributed by atoms with Crippen molar-refractivity contribution in [1.82, 2.24) is 10.5 Å². The van der Waals surface area contributed by atoms with E-state index in [1.54, 1.807) is 12.3 Å². The second-order valence-electron chi connectivity index (χ2n) is 7.31. The summed E-state index contributed by atoms with van der Waals surface area (Å²) in [7, 11) is 0. The minimum absolute atomic E-state index is 0.0301. The highest BCUT2D eigenvalue weighted by Crippen LogP contribution is 2.34. The van der Waals surface area contributed by atoms with E-state index in [0.717, 1.165) is 29.4 Å². The highest BCUT2D eigenvalue weighted by Gasteiger charge is 2.22. The number of aliphatic imine (C=N–C) groups is 1. The average Bonchev–Trinajstić information content (AvgIpc) is 3.21. The molecule has 1 aromatic heterocycles. The quantitative estimate of drug-likeness (QED) is 0.274. The molecular weight excluding hydrogens is 374 g/mol. The number of pyridine rings is 1. The number of aromatic nitrogens is 1. The fraction of sp³-hybridized carbons (Fsp3) is 0.120. The minimum Gasteiger partial charge on any atom is -0.438 e. The second-order valence-corrected chi connectivity index (χ2v) is 7.31. The third-order valence-corrected chi connectivity index (χ3v) is 5.47. The topological polar surface area (TPSA) is 66.7 Å². The van der Waals surface area contributed by atoms with E-state index in [2.05, 4.69) is 40.8 Å². The largest absolute Gasteiger partial charge is 0.438 e. The van der Waals surface area contributed by atoms with Crippen LogP contribution in [0.4, 0.5) is 0 Å². The molecule has 0 aliphatic heterocycles. The van der Waals surface area contributed by atoms with E-state index in [4.69, 9.17) is 9.73 Å². The fourth-order valence-corrected chi connectivity index (χ4v) is 3.97. The van der Waals surface area contributed by atoms with Gasteiger partial charge in [-0.05, 0) is 41.5 Å². The summed E-state index contributed by atoms with van der Waals surface area (Å²) in [6.45, 7) is 0. The van der Waals surface area contributed by atoms with Gasteiger partial charge in [0.05, 0.1) is 6.04 Å². The molecule has 148 valence electrons. The van der Waals surface area contributed by atoms with Crippen LogP contribution in [0.2, 0.25) is 0 Å². The zero-order valence-corrected chi connectivity index (χ0v) is 16.3. The van der Waals surface area contributed by atoms with Crippen molar-refractivity contribution in [1.29, 1.82) is 0 Å². The number of nitrogens with zero attached hydrogens (tertiary/aromatic N) is 2. The Bertz CT molecular complexity index is 1210. The Labute approximate surface area is 174 Å². The SMILES string of the molecule is ONC(=NC1CCc2ccccc21)c1ccc(Oc2cccc3ccccc23)nc1. The van der Waals surface area contributed by atoms with E-state index in [1.807, 2.05) is 42.5 Å². The number of hydroxylamine groups is 1. The van der Waals surface area contributed by atoms with Crippen LogP contribution in [-0.2, 0) is 6.42 Å². The predicted octanol–water partition coefficient (Wildman–Crippen LogP) is 5.44. The summed E-state index contributed by atoms with van der Waals surface area (Å²) in [6.07, 6.45) is 3.59. The molecule has 1 unspecified atom stereocenters. The van der Waals surface area contributed by atoms with Gasteiger partial charge in [0.15, 0.2) is 5.84 Å². The zero-order valence-electron chi connectivity index (χ0n) is 16.3. The Morgan fingerprint density at radius 3 is 2.67 bits per heavy atom. The Kier molecular flexibility index (Phi) is 4.87. The van der Waals surface area contributed by atoms with Crippen molar-refractivity contribution in [3.8, 4) is 11.6 Å². The molecule has 5 nitrogen and oxygen atoms in total. The molecule has 2 N–H and O–H groups in total. The van der Waals surface area contributed by atoms with Crippen LogP contribution in [0.15, 0.2) is 90.1 Å². The molecule has 1 aliphatic rings. The summed E-state index contributed by atoms with van der Waals surface area (Å²) in [4.78, 5) is 9.15. The smallest absolute Gasteiger partial charge is 0.219 e. The number of amidine groups is 1. The maximum Gasteiger partial charge on any atom is 0.219 e. The van der Waals surface area contributed by atoms with Gasteiger partial charge in [-0.1, -0.05) is 60.7 Å². The number of hydrogen-bond donors (Lipinski definition) is 2. The van der Waals surface area contributed by atoms with Gasteiger partial charge in [-0.3, -0.25) is 15.7 Å². The first-order chi connectivity index (χ1) is 14.8. The number of hydrogen-bond acceptors (Lipinski definition) is 4. The predicted molar refractivity (Wildman–Crippen MR) is 117 cm³/mol. The average molecular weight is 395 g/mol. The molecule has 0 spiro atoms. The van der Waals surface area contributed by atoms with Gasteiger partial charge in [-0.2, -0.15) is 0 Å². The number of ether oxygens (including phenoxy) is 1. The molecule has 0 saturated heterocycles. The molecular formula is C25H21N3O2. The Morgan fingerprint density at radius 2 is 1.80 bits per heavy atom. The van der Waals surface area contributed by atoms with Crippen molar-refractivity contribution in [3.63, 3.8) is 0 Å². The summed E-state index contributed by atoms with van der Waals surface area (Å²) in [5.41, 5.74) is 5.48.